The van der Waals surface area contributed by atoms with Gasteiger partial charge in [-0.3, -0.25) is 76.9 Å². The van der Waals surface area contributed by atoms with Crippen LogP contribution in [0.1, 0.15) is 157 Å². The lowest BCUT2D eigenvalue weighted by atomic mass is 9.95. The van der Waals surface area contributed by atoms with E-state index in [-0.39, 0.29) is 82.1 Å². The molecule has 0 heterocycles. The van der Waals surface area contributed by atoms with Gasteiger partial charge in [0.25, 0.3) is 0 Å². The second kappa shape index (κ2) is 53.4. The highest BCUT2D eigenvalue weighted by Crippen LogP contribution is 2.18. The minimum absolute atomic E-state index is 0.0374. The maximum absolute atomic E-state index is 14.6. The molecule has 15 atom stereocenters. The molecule has 0 saturated carbocycles. The van der Waals surface area contributed by atoms with Gasteiger partial charge in [0.15, 0.2) is 5.96 Å². The number of carboxylic acid groups (broad SMARTS) is 2. The van der Waals surface area contributed by atoms with E-state index in [0.29, 0.717) is 36.1 Å². The zero-order chi connectivity index (χ0) is 87.5. The van der Waals surface area contributed by atoms with E-state index in [1.54, 1.807) is 85.7 Å². The first-order valence-electron chi connectivity index (χ1n) is 38.8. The Morgan fingerprint density at radius 3 is 1.43 bits per heavy atom. The van der Waals surface area contributed by atoms with Crippen molar-refractivity contribution >= 4 is 112 Å². The number of aliphatic carboxylic acids is 2. The summed E-state index contributed by atoms with van der Waals surface area (Å²) in [6.45, 7) is 12.7. The second-order valence-electron chi connectivity index (χ2n) is 29.2. The average Bonchev–Trinajstić information content (AvgIpc) is 0.850. The summed E-state index contributed by atoms with van der Waals surface area (Å²) >= 11 is 1.46. The Bertz CT molecular complexity index is 3610. The second-order valence-corrected chi connectivity index (χ2v) is 30.2. The van der Waals surface area contributed by atoms with E-state index in [9.17, 15) is 97.1 Å². The average molecular weight is 1650 g/mol. The molecule has 27 N–H and O–H groups in total. The SMILES string of the molecule is CC[C@H](C)[C@H](NC(=O)[C@H](Cc1ccccc1)NC(=O)[C@H](CCC(=O)O)NC(=O)[C@H](CC(C)C)NC(=O)[C@H](C)NC(=O)[C@H](CCCCN)NC(=O)[C@H](CCC(N)=O)NC(=O)[C@@H](NC(=O)[C@@H](NC(=O)[C@H](CCCN=C(N)N)NC(=O)[C@H](CO)NC(=O)CNC(=O)[C@H](Cc1ccc(O)cc1)NC(=O)[C@@H](N)CCSC)C(C)C)[C@@H](C)CC)C(=O)O. The number of aliphatic hydroxyl groups is 1. The fourth-order valence-corrected chi connectivity index (χ4v) is 12.0. The van der Waals surface area contributed by atoms with E-state index in [1.165, 1.54) is 43.0 Å². The number of phenolic OH excluding ortho intramolecular Hbond substituents is 1. The van der Waals surface area contributed by atoms with E-state index in [4.69, 9.17) is 28.7 Å². The van der Waals surface area contributed by atoms with Gasteiger partial charge in [-0.1, -0.05) is 111 Å². The van der Waals surface area contributed by atoms with Crippen molar-refractivity contribution in [3.8, 4) is 5.75 Å². The molecule has 2 rings (SSSR count). The van der Waals surface area contributed by atoms with E-state index >= 15 is 0 Å². The number of nitrogens with two attached hydrogens (primary N) is 5. The molecule has 0 aliphatic carbocycles. The number of guanidine groups is 1. The Balaban J connectivity index is 2.43. The molecular formula is C76H123N19O20S. The van der Waals surface area contributed by atoms with Gasteiger partial charge in [-0.25, -0.2) is 4.79 Å². The van der Waals surface area contributed by atoms with Crippen LogP contribution in [-0.4, -0.2) is 238 Å². The van der Waals surface area contributed by atoms with Crippen molar-refractivity contribution in [1.82, 2.24) is 69.1 Å². The third-order valence-corrected chi connectivity index (χ3v) is 19.5. The van der Waals surface area contributed by atoms with E-state index in [1.807, 2.05) is 6.26 Å². The highest BCUT2D eigenvalue weighted by atomic mass is 32.2. The number of phenols is 1. The van der Waals surface area contributed by atoms with Gasteiger partial charge in [0.1, 0.15) is 78.3 Å². The fraction of sp³-hybridized carbons (Fsp3) is 0.618. The van der Waals surface area contributed by atoms with Crippen molar-refractivity contribution in [3.05, 3.63) is 65.7 Å². The molecule has 0 unspecified atom stereocenters. The molecule has 116 heavy (non-hydrogen) atoms. The molecule has 0 fully saturated rings. The number of hydrogen-bond acceptors (Lipinski definition) is 22. The number of carbonyl (C=O) groups excluding carboxylic acids is 14. The molecule has 0 aromatic heterocycles. The van der Waals surface area contributed by atoms with Crippen LogP contribution in [0.3, 0.4) is 0 Å². The fourth-order valence-electron chi connectivity index (χ4n) is 11.5. The van der Waals surface area contributed by atoms with Crippen molar-refractivity contribution in [1.29, 1.82) is 0 Å². The molecule has 0 saturated heterocycles. The van der Waals surface area contributed by atoms with Crippen molar-refractivity contribution in [2.45, 2.75) is 237 Å². The lowest BCUT2D eigenvalue weighted by Crippen LogP contribution is -2.62. The van der Waals surface area contributed by atoms with Crippen LogP contribution in [0.2, 0.25) is 0 Å². The van der Waals surface area contributed by atoms with Gasteiger partial charge in [-0.05, 0) is 130 Å². The summed E-state index contributed by atoms with van der Waals surface area (Å²) in [6, 6.07) is -4.73. The monoisotopic (exact) mass is 1650 g/mol. The van der Waals surface area contributed by atoms with Crippen LogP contribution in [0.25, 0.3) is 0 Å². The summed E-state index contributed by atoms with van der Waals surface area (Å²) in [5, 5.41) is 72.6. The molecule has 39 nitrogen and oxygen atoms in total. The van der Waals surface area contributed by atoms with Gasteiger partial charge in [0.05, 0.1) is 19.2 Å². The molecule has 0 aliphatic rings. The van der Waals surface area contributed by atoms with Crippen LogP contribution < -0.4 is 97.8 Å². The van der Waals surface area contributed by atoms with E-state index < -0.39 is 230 Å². The first kappa shape index (κ1) is 101. The Morgan fingerprint density at radius 1 is 0.466 bits per heavy atom. The first-order valence-corrected chi connectivity index (χ1v) is 40.2. The predicted octanol–water partition coefficient (Wildman–Crippen LogP) is -3.60. The normalized spacial score (nSPS) is 15.0. The Kier molecular flexibility index (Phi) is 46.7. The number of unbranched alkanes of at least 4 members (excludes halogenated alkanes) is 1. The largest absolute Gasteiger partial charge is 0.508 e. The van der Waals surface area contributed by atoms with E-state index in [2.05, 4.69) is 74.1 Å². The van der Waals surface area contributed by atoms with E-state index in [0.717, 1.165) is 0 Å². The highest BCUT2D eigenvalue weighted by Gasteiger charge is 2.39. The number of nitrogens with zero attached hydrogens (tertiary/aromatic N) is 1. The number of thioether (sulfide) groups is 1. The Labute approximate surface area is 679 Å². The van der Waals surface area contributed by atoms with Crippen molar-refractivity contribution < 1.29 is 97.1 Å². The summed E-state index contributed by atoms with van der Waals surface area (Å²) in [5.74, 6) is -17.9. The maximum Gasteiger partial charge on any atom is 0.326 e. The van der Waals surface area contributed by atoms with Crippen molar-refractivity contribution in [2.75, 3.05) is 38.2 Å². The number of aliphatic hydroxyl groups excluding tert-OH is 1. The quantitative estimate of drug-likeness (QED) is 0.0173. The predicted molar refractivity (Wildman–Crippen MR) is 431 cm³/mol. The van der Waals surface area contributed by atoms with Crippen LogP contribution >= 0.6 is 11.8 Å². The van der Waals surface area contributed by atoms with Crippen LogP contribution in [0, 0.1) is 23.7 Å². The number of benzene rings is 2. The summed E-state index contributed by atoms with van der Waals surface area (Å²) in [5.41, 5.74) is 29.5. The van der Waals surface area contributed by atoms with Gasteiger partial charge >= 0.3 is 11.9 Å². The van der Waals surface area contributed by atoms with Crippen molar-refractivity contribution in [2.24, 2.45) is 57.3 Å². The van der Waals surface area contributed by atoms with Gasteiger partial charge in [0, 0.05) is 32.2 Å². The lowest BCUT2D eigenvalue weighted by Gasteiger charge is -2.30. The number of aliphatic imine (C=N–C) groups is 1. The molecule has 2 aromatic carbocycles. The molecule has 648 valence electrons. The number of amides is 14. The number of hydrogen-bond donors (Lipinski definition) is 22. The van der Waals surface area contributed by atoms with Crippen LogP contribution in [0.4, 0.5) is 0 Å². The minimum Gasteiger partial charge on any atom is -0.508 e. The number of rotatable bonds is 56. The molecule has 40 heteroatoms. The molecule has 0 bridgehead atoms. The van der Waals surface area contributed by atoms with Gasteiger partial charge in [-0.15, -0.1) is 0 Å². The van der Waals surface area contributed by atoms with Crippen LogP contribution in [-0.2, 0) is 89.6 Å². The third-order valence-electron chi connectivity index (χ3n) is 18.8. The summed E-state index contributed by atoms with van der Waals surface area (Å²) in [7, 11) is 0. The molecule has 0 spiro atoms. The topological polar surface area (TPSA) is 653 Å². The highest BCUT2D eigenvalue weighted by molar-refractivity contribution is 7.98. The number of carbonyl (C=O) groups is 16. The zero-order valence-electron chi connectivity index (χ0n) is 67.7. The minimum atomic E-state index is -1.75. The first-order chi connectivity index (χ1) is 54.7. The number of nitrogens with one attached hydrogen (secondary N) is 13. The summed E-state index contributed by atoms with van der Waals surface area (Å²) < 4.78 is 0. The standard InChI is InChI=1S/C76H123N19O20S/c1-11-42(7)61(94-73(112)60(41(5)6)93-69(108)50(22-18-33-82-76(80)81)87-72(111)56(39-96)85-58(99)38-83-65(104)54(37-46-23-25-47(97)26-24-46)91-64(103)48(78)31-34-116-10)74(113)89-51(27-29-57(79)98)67(106)86-49(21-16-17-32-77)66(105)84-44(9)63(102)90-53(35-40(3)4)70(109)88-52(28-30-59(100)101)68(107)92-55(36-45-19-14-13-15-20-45)71(110)95-62(75(114)115)43(8)12-2/h13-15,19-20,23-26,40-44,48-56,60-62,96-97H,11-12,16-18,21-22,27-39,77-78H2,1-10H3,(H2,79,98)(H,83,104)(H,84,105)(H,85,99)(H,86,106)(H,87,111)(H,88,109)(H,89,113)(H,90,102)(H,91,103)(H,92,107)(H,93,108)(H,94,112)(H,95,110)(H,100,101)(H,114,115)(H4,80,81,82)/t42-,43-,44-,48-,49-,50-,51-,52-,53-,54-,55-,56-,60-,61-,62-/m0/s1. The molecule has 14 amide bonds. The Morgan fingerprint density at radius 2 is 0.914 bits per heavy atom. The summed E-state index contributed by atoms with van der Waals surface area (Å²) in [6.07, 6.45) is 0.580. The van der Waals surface area contributed by atoms with Crippen molar-refractivity contribution in [3.63, 3.8) is 0 Å². The molecule has 0 radical (unpaired) electrons. The molecular weight excluding hydrogens is 1530 g/mol. The van der Waals surface area contributed by atoms with Gasteiger partial charge in [0.2, 0.25) is 82.7 Å². The van der Waals surface area contributed by atoms with Gasteiger partial charge < -0.3 is 118 Å². The zero-order valence-corrected chi connectivity index (χ0v) is 68.5. The van der Waals surface area contributed by atoms with Crippen LogP contribution in [0.5, 0.6) is 5.75 Å². The van der Waals surface area contributed by atoms with Gasteiger partial charge in [-0.2, -0.15) is 11.8 Å². The lowest BCUT2D eigenvalue weighted by molar-refractivity contribution is -0.144. The molecule has 0 aliphatic heterocycles. The summed E-state index contributed by atoms with van der Waals surface area (Å²) in [4.78, 5) is 223. The molecule has 2 aromatic rings. The third kappa shape index (κ3) is 38.1. The van der Waals surface area contributed by atoms with Crippen LogP contribution in [0.15, 0.2) is 59.6 Å². The number of primary amides is 1. The Hall–Kier alpha value is -10.7. The maximum atomic E-state index is 14.6. The number of aromatic hydroxyl groups is 1. The smallest absolute Gasteiger partial charge is 0.326 e. The number of carboxylic acids is 2.